The van der Waals surface area contributed by atoms with Gasteiger partial charge in [-0.15, -0.1) is 11.3 Å². The lowest BCUT2D eigenvalue weighted by Gasteiger charge is -2.00. The van der Waals surface area contributed by atoms with Crippen LogP contribution in [0.3, 0.4) is 0 Å². The fraction of sp³-hybridized carbons (Fsp3) is 0.222. The molecule has 0 saturated heterocycles. The summed E-state index contributed by atoms with van der Waals surface area (Å²) in [5.41, 5.74) is -0.0704. The zero-order valence-corrected chi connectivity index (χ0v) is 11.3. The second-order valence-electron chi connectivity index (χ2n) is 3.52. The van der Waals surface area contributed by atoms with Crippen LogP contribution >= 0.6 is 11.3 Å². The molecule has 0 aliphatic heterocycles. The lowest BCUT2D eigenvalue weighted by atomic mass is 10.4. The number of rotatable bonds is 5. The van der Waals surface area contributed by atoms with Crippen LogP contribution in [-0.4, -0.2) is 29.6 Å². The van der Waals surface area contributed by atoms with Crippen molar-refractivity contribution in [1.29, 1.82) is 0 Å². The van der Waals surface area contributed by atoms with Gasteiger partial charge < -0.3 is 9.63 Å². The van der Waals surface area contributed by atoms with E-state index in [0.29, 0.717) is 5.82 Å². The summed E-state index contributed by atoms with van der Waals surface area (Å²) < 4.78 is 30.7. The van der Waals surface area contributed by atoms with Crippen molar-refractivity contribution < 1.29 is 22.8 Å². The van der Waals surface area contributed by atoms with Crippen LogP contribution in [0.15, 0.2) is 20.2 Å². The van der Waals surface area contributed by atoms with Crippen molar-refractivity contribution in [2.24, 2.45) is 0 Å². The number of aromatic nitrogens is 2. The number of hydrogen-bond donors (Lipinski definition) is 2. The van der Waals surface area contributed by atoms with E-state index in [1.165, 1.54) is 5.38 Å². The lowest BCUT2D eigenvalue weighted by Crippen LogP contribution is -2.22. The predicted molar refractivity (Wildman–Crippen MR) is 64.3 cm³/mol. The summed E-state index contributed by atoms with van der Waals surface area (Å²) >= 11 is 0.827. The lowest BCUT2D eigenvalue weighted by molar-refractivity contribution is 0.0697. The Labute approximate surface area is 112 Å². The van der Waals surface area contributed by atoms with E-state index < -0.39 is 16.0 Å². The molecule has 0 fully saturated rings. The van der Waals surface area contributed by atoms with Gasteiger partial charge in [-0.2, -0.15) is 4.98 Å². The molecule has 0 bridgehead atoms. The van der Waals surface area contributed by atoms with Crippen LogP contribution in [-0.2, 0) is 16.6 Å². The third-order valence-corrected chi connectivity index (χ3v) is 4.91. The Morgan fingerprint density at radius 1 is 1.58 bits per heavy atom. The van der Waals surface area contributed by atoms with E-state index >= 15 is 0 Å². The average molecular weight is 303 g/mol. The second-order valence-corrected chi connectivity index (χ2v) is 6.42. The molecule has 0 spiro atoms. The topological polar surface area (TPSA) is 122 Å². The van der Waals surface area contributed by atoms with Gasteiger partial charge >= 0.3 is 5.97 Å². The molecule has 2 aromatic heterocycles. The number of carboxylic acid groups (broad SMARTS) is 1. The van der Waals surface area contributed by atoms with E-state index in [0.717, 1.165) is 17.4 Å². The fourth-order valence-electron chi connectivity index (χ4n) is 1.21. The number of nitrogens with one attached hydrogen (secondary N) is 1. The van der Waals surface area contributed by atoms with Crippen LogP contribution in [0.5, 0.6) is 0 Å². The van der Waals surface area contributed by atoms with Crippen molar-refractivity contribution in [3.05, 3.63) is 28.7 Å². The first-order valence-electron chi connectivity index (χ1n) is 4.99. The van der Waals surface area contributed by atoms with Gasteiger partial charge in [-0.3, -0.25) is 0 Å². The van der Waals surface area contributed by atoms with Gasteiger partial charge in [0, 0.05) is 5.38 Å². The molecule has 0 saturated carbocycles. The molecule has 2 heterocycles. The number of sulfonamides is 1. The quantitative estimate of drug-likeness (QED) is 0.829. The van der Waals surface area contributed by atoms with Gasteiger partial charge in [-0.05, 0) is 13.0 Å². The maximum atomic E-state index is 11.9. The third-order valence-electron chi connectivity index (χ3n) is 2.07. The van der Waals surface area contributed by atoms with Gasteiger partial charge in [0.15, 0.2) is 5.82 Å². The van der Waals surface area contributed by atoms with Crippen molar-refractivity contribution in [3.63, 3.8) is 0 Å². The molecular weight excluding hydrogens is 294 g/mol. The number of thiophene rings is 1. The molecule has 8 nitrogen and oxygen atoms in total. The first-order valence-corrected chi connectivity index (χ1v) is 7.35. The molecule has 0 radical (unpaired) electrons. The van der Waals surface area contributed by atoms with Gasteiger partial charge in [-0.1, -0.05) is 5.16 Å². The van der Waals surface area contributed by atoms with Crippen LogP contribution in [0.2, 0.25) is 0 Å². The average Bonchev–Trinajstić information content (AvgIpc) is 2.95. The Balaban J connectivity index is 2.11. The van der Waals surface area contributed by atoms with Gasteiger partial charge in [0.1, 0.15) is 4.21 Å². The van der Waals surface area contributed by atoms with E-state index in [9.17, 15) is 13.2 Å². The minimum absolute atomic E-state index is 0.0704. The van der Waals surface area contributed by atoms with Crippen LogP contribution in [0.4, 0.5) is 0 Å². The fourth-order valence-corrected chi connectivity index (χ4v) is 3.38. The summed E-state index contributed by atoms with van der Waals surface area (Å²) in [5, 5.41) is 13.5. The van der Waals surface area contributed by atoms with Gasteiger partial charge in [0.25, 0.3) is 10.0 Å². The molecule has 0 atom stereocenters. The molecular formula is C9H9N3O5S2. The Morgan fingerprint density at radius 3 is 2.84 bits per heavy atom. The van der Waals surface area contributed by atoms with E-state index in [1.54, 1.807) is 6.92 Å². The first-order chi connectivity index (χ1) is 8.88. The molecule has 2 N–H and O–H groups in total. The number of aromatic carboxylic acids is 1. The largest absolute Gasteiger partial charge is 0.478 e. The summed E-state index contributed by atoms with van der Waals surface area (Å²) in [6.07, 6.45) is 0. The van der Waals surface area contributed by atoms with Crippen molar-refractivity contribution >= 4 is 27.3 Å². The van der Waals surface area contributed by atoms with Crippen molar-refractivity contribution in [3.8, 4) is 0 Å². The monoisotopic (exact) mass is 303 g/mol. The number of carboxylic acids is 1. The highest BCUT2D eigenvalue weighted by Crippen LogP contribution is 2.20. The van der Waals surface area contributed by atoms with Gasteiger partial charge in [-0.25, -0.2) is 17.9 Å². The van der Waals surface area contributed by atoms with E-state index in [4.69, 9.17) is 9.63 Å². The highest BCUT2D eigenvalue weighted by Gasteiger charge is 2.19. The highest BCUT2D eigenvalue weighted by molar-refractivity contribution is 7.91. The number of hydrogen-bond acceptors (Lipinski definition) is 7. The smallest absolute Gasteiger partial charge is 0.336 e. The summed E-state index contributed by atoms with van der Waals surface area (Å²) in [5.74, 6) is -0.639. The first kappa shape index (κ1) is 13.6. The highest BCUT2D eigenvalue weighted by atomic mass is 32.2. The molecule has 0 aliphatic carbocycles. The number of carbonyl (C=O) groups is 1. The van der Waals surface area contributed by atoms with E-state index in [-0.39, 0.29) is 22.2 Å². The second kappa shape index (κ2) is 5.07. The Hall–Kier alpha value is -1.78. The number of nitrogens with zero attached hydrogens (tertiary/aromatic N) is 2. The summed E-state index contributed by atoms with van der Waals surface area (Å²) in [4.78, 5) is 14.5. The van der Waals surface area contributed by atoms with E-state index in [1.807, 2.05) is 0 Å². The van der Waals surface area contributed by atoms with Crippen LogP contribution in [0.1, 0.15) is 22.1 Å². The van der Waals surface area contributed by atoms with Crippen molar-refractivity contribution in [2.75, 3.05) is 0 Å². The molecule has 0 amide bonds. The maximum absolute atomic E-state index is 11.9. The molecule has 19 heavy (non-hydrogen) atoms. The standard InChI is InChI=1S/C9H9N3O5S2/c1-5-11-7(17-12-5)3-10-19(15,16)8-2-6(4-18-8)9(13)14/h2,4,10H,3H2,1H3,(H,13,14). The molecule has 0 unspecified atom stereocenters. The Morgan fingerprint density at radius 2 is 2.32 bits per heavy atom. The molecule has 10 heteroatoms. The summed E-state index contributed by atoms with van der Waals surface area (Å²) in [6.45, 7) is 1.46. The zero-order chi connectivity index (χ0) is 14.0. The third kappa shape index (κ3) is 3.16. The summed E-state index contributed by atoms with van der Waals surface area (Å²) in [7, 11) is -3.78. The Kier molecular flexibility index (Phi) is 3.64. The molecule has 0 aromatic carbocycles. The van der Waals surface area contributed by atoms with E-state index in [2.05, 4.69) is 14.9 Å². The minimum Gasteiger partial charge on any atom is -0.478 e. The normalized spacial score (nSPS) is 11.6. The molecule has 0 aliphatic rings. The van der Waals surface area contributed by atoms with Crippen molar-refractivity contribution in [1.82, 2.24) is 14.9 Å². The summed E-state index contributed by atoms with van der Waals surface area (Å²) in [6, 6.07) is 1.09. The van der Waals surface area contributed by atoms with Crippen LogP contribution in [0.25, 0.3) is 0 Å². The zero-order valence-electron chi connectivity index (χ0n) is 9.65. The maximum Gasteiger partial charge on any atom is 0.336 e. The molecule has 2 rings (SSSR count). The number of aryl methyl sites for hydroxylation is 1. The Bertz CT molecular complexity index is 703. The minimum atomic E-state index is -3.78. The van der Waals surface area contributed by atoms with Crippen LogP contribution < -0.4 is 4.72 Å². The van der Waals surface area contributed by atoms with Crippen molar-refractivity contribution in [2.45, 2.75) is 17.7 Å². The molecule has 2 aromatic rings. The SMILES string of the molecule is Cc1noc(CNS(=O)(=O)c2cc(C(=O)O)cs2)n1. The molecule has 102 valence electrons. The van der Waals surface area contributed by atoms with Crippen LogP contribution in [0, 0.1) is 6.92 Å². The predicted octanol–water partition coefficient (Wildman–Crippen LogP) is 0.616. The van der Waals surface area contributed by atoms with Gasteiger partial charge in [0.2, 0.25) is 5.89 Å². The van der Waals surface area contributed by atoms with Gasteiger partial charge in [0.05, 0.1) is 12.1 Å².